The highest BCUT2D eigenvalue weighted by molar-refractivity contribution is 6.32. The fourth-order valence-electron chi connectivity index (χ4n) is 4.24. The van der Waals surface area contributed by atoms with Gasteiger partial charge in [-0.15, -0.1) is 0 Å². The first-order chi connectivity index (χ1) is 16.9. The molecule has 1 aromatic carbocycles. The van der Waals surface area contributed by atoms with Crippen molar-refractivity contribution in [1.82, 2.24) is 19.2 Å². The lowest BCUT2D eigenvalue weighted by molar-refractivity contribution is 0.148. The summed E-state index contributed by atoms with van der Waals surface area (Å²) in [6.45, 7) is 3.98. The maximum atomic E-state index is 11.3. The third-order valence-corrected chi connectivity index (χ3v) is 6.41. The molecule has 0 atom stereocenters. The number of methoxy groups -OCH3 is 1. The van der Waals surface area contributed by atoms with Crippen LogP contribution in [0, 0.1) is 0 Å². The number of hydrogen-bond acceptors (Lipinski definition) is 6. The van der Waals surface area contributed by atoms with Crippen LogP contribution in [-0.2, 0) is 0 Å². The molecule has 1 saturated heterocycles. The summed E-state index contributed by atoms with van der Waals surface area (Å²) in [5.41, 5.74) is 3.37. The molecule has 1 aliphatic rings. The Balaban J connectivity index is 1.60. The van der Waals surface area contributed by atoms with E-state index in [2.05, 4.69) is 9.80 Å². The Bertz CT molecular complexity index is 1180. The first-order valence-electron chi connectivity index (χ1n) is 11.7. The molecule has 188 valence electrons. The molecule has 0 saturated carbocycles. The van der Waals surface area contributed by atoms with Gasteiger partial charge in [-0.1, -0.05) is 11.6 Å². The number of hydrogen-bond donors (Lipinski definition) is 1. The van der Waals surface area contributed by atoms with Crippen molar-refractivity contribution in [1.29, 1.82) is 0 Å². The number of nitrogens with zero attached hydrogens (tertiary/aromatic N) is 5. The van der Waals surface area contributed by atoms with Crippen LogP contribution in [-0.4, -0.2) is 90.9 Å². The second kappa shape index (κ2) is 11.0. The SMILES string of the molecule is COc1cc(OCCCN(C)C)c(-c2cn3ccc(N4CCCN(C(=O)O)CC4)cc3n2)cc1Cl. The maximum Gasteiger partial charge on any atom is 0.407 e. The average Bonchev–Trinajstić information content (AvgIpc) is 3.09. The largest absolute Gasteiger partial charge is 0.495 e. The normalized spacial score (nSPS) is 14.4. The van der Waals surface area contributed by atoms with Crippen LogP contribution in [0.5, 0.6) is 11.5 Å². The van der Waals surface area contributed by atoms with Gasteiger partial charge in [-0.2, -0.15) is 0 Å². The van der Waals surface area contributed by atoms with E-state index in [0.717, 1.165) is 48.5 Å². The van der Waals surface area contributed by atoms with E-state index in [4.69, 9.17) is 26.1 Å². The standard InChI is InChI=1S/C25H32ClN5O4/c1-28(2)7-5-13-35-22-16-23(34-3)20(26)15-19(22)21-17-31-10-6-18(14-24(31)27-21)29-8-4-9-30(12-11-29)25(32)33/h6,10,14-17H,4-5,7-9,11-13H2,1-3H3,(H,32,33). The molecule has 1 N–H and O–H groups in total. The number of aromatic nitrogens is 2. The molecule has 0 spiro atoms. The lowest BCUT2D eigenvalue weighted by atomic mass is 10.1. The van der Waals surface area contributed by atoms with E-state index in [1.54, 1.807) is 7.11 Å². The van der Waals surface area contributed by atoms with Crippen LogP contribution < -0.4 is 14.4 Å². The number of anilines is 1. The van der Waals surface area contributed by atoms with Crippen molar-refractivity contribution in [2.24, 2.45) is 0 Å². The monoisotopic (exact) mass is 501 g/mol. The maximum absolute atomic E-state index is 11.3. The van der Waals surface area contributed by atoms with Crippen LogP contribution in [0.2, 0.25) is 5.02 Å². The summed E-state index contributed by atoms with van der Waals surface area (Å²) in [5, 5.41) is 9.80. The number of halogens is 1. The fourth-order valence-corrected chi connectivity index (χ4v) is 4.48. The summed E-state index contributed by atoms with van der Waals surface area (Å²) in [6, 6.07) is 7.71. The van der Waals surface area contributed by atoms with Crippen molar-refractivity contribution < 1.29 is 19.4 Å². The Morgan fingerprint density at radius 2 is 2.00 bits per heavy atom. The minimum atomic E-state index is -0.863. The van der Waals surface area contributed by atoms with Crippen molar-refractivity contribution in [3.8, 4) is 22.8 Å². The molecule has 0 bridgehead atoms. The van der Waals surface area contributed by atoms with Crippen LogP contribution >= 0.6 is 11.6 Å². The Morgan fingerprint density at radius 3 is 2.74 bits per heavy atom. The number of carbonyl (C=O) groups is 1. The van der Waals surface area contributed by atoms with E-state index in [0.29, 0.717) is 42.8 Å². The van der Waals surface area contributed by atoms with Gasteiger partial charge in [0.05, 0.1) is 24.4 Å². The molecule has 0 unspecified atom stereocenters. The van der Waals surface area contributed by atoms with E-state index in [1.165, 1.54) is 4.90 Å². The van der Waals surface area contributed by atoms with Gasteiger partial charge < -0.3 is 33.7 Å². The average molecular weight is 502 g/mol. The van der Waals surface area contributed by atoms with Crippen molar-refractivity contribution >= 4 is 29.0 Å². The molecular formula is C25H32ClN5O4. The molecule has 1 aliphatic heterocycles. The smallest absolute Gasteiger partial charge is 0.407 e. The highest BCUT2D eigenvalue weighted by atomic mass is 35.5. The molecule has 0 radical (unpaired) electrons. The lowest BCUT2D eigenvalue weighted by Gasteiger charge is -2.22. The van der Waals surface area contributed by atoms with E-state index >= 15 is 0 Å². The summed E-state index contributed by atoms with van der Waals surface area (Å²) >= 11 is 6.46. The van der Waals surface area contributed by atoms with E-state index in [1.807, 2.05) is 55.2 Å². The molecule has 2 aromatic heterocycles. The first kappa shape index (κ1) is 24.9. The summed E-state index contributed by atoms with van der Waals surface area (Å²) in [5.74, 6) is 1.23. The molecule has 1 fully saturated rings. The van der Waals surface area contributed by atoms with Gasteiger partial charge in [0, 0.05) is 68.5 Å². The quantitative estimate of drug-likeness (QED) is 0.463. The Labute approximate surface area is 210 Å². The van der Waals surface area contributed by atoms with Gasteiger partial charge in [0.15, 0.2) is 0 Å². The van der Waals surface area contributed by atoms with Gasteiger partial charge in [0.25, 0.3) is 0 Å². The number of ether oxygens (including phenoxy) is 2. The predicted octanol–water partition coefficient (Wildman–Crippen LogP) is 4.18. The molecule has 3 heterocycles. The highest BCUT2D eigenvalue weighted by Gasteiger charge is 2.20. The van der Waals surface area contributed by atoms with E-state index < -0.39 is 6.09 Å². The van der Waals surface area contributed by atoms with Gasteiger partial charge in [-0.3, -0.25) is 0 Å². The Kier molecular flexibility index (Phi) is 7.87. The highest BCUT2D eigenvalue weighted by Crippen LogP contribution is 2.38. The molecule has 35 heavy (non-hydrogen) atoms. The first-order valence-corrected chi connectivity index (χ1v) is 12.1. The number of pyridine rings is 1. The van der Waals surface area contributed by atoms with Crippen LogP contribution in [0.3, 0.4) is 0 Å². The molecule has 1 amide bonds. The number of benzene rings is 1. The summed E-state index contributed by atoms with van der Waals surface area (Å²) in [7, 11) is 5.66. The van der Waals surface area contributed by atoms with Crippen molar-refractivity contribution in [3.63, 3.8) is 0 Å². The van der Waals surface area contributed by atoms with Gasteiger partial charge in [0.2, 0.25) is 0 Å². The number of amides is 1. The number of imidazole rings is 1. The zero-order valence-electron chi connectivity index (χ0n) is 20.4. The van der Waals surface area contributed by atoms with Gasteiger partial charge in [0.1, 0.15) is 17.1 Å². The van der Waals surface area contributed by atoms with Crippen LogP contribution in [0.4, 0.5) is 10.5 Å². The third kappa shape index (κ3) is 5.91. The Hall–Kier alpha value is -3.17. The molecular weight excluding hydrogens is 470 g/mol. The van der Waals surface area contributed by atoms with Crippen LogP contribution in [0.25, 0.3) is 16.9 Å². The van der Waals surface area contributed by atoms with Crippen molar-refractivity contribution in [2.75, 3.05) is 65.4 Å². The van der Waals surface area contributed by atoms with Gasteiger partial charge in [-0.25, -0.2) is 9.78 Å². The van der Waals surface area contributed by atoms with Gasteiger partial charge in [-0.05, 0) is 39.1 Å². The number of carboxylic acid groups (broad SMARTS) is 1. The summed E-state index contributed by atoms with van der Waals surface area (Å²) in [4.78, 5) is 22.0. The molecule has 4 rings (SSSR count). The van der Waals surface area contributed by atoms with E-state index in [9.17, 15) is 9.90 Å². The van der Waals surface area contributed by atoms with Crippen molar-refractivity contribution in [3.05, 3.63) is 41.7 Å². The lowest BCUT2D eigenvalue weighted by Crippen LogP contribution is -2.34. The van der Waals surface area contributed by atoms with Crippen LogP contribution in [0.15, 0.2) is 36.7 Å². The number of rotatable bonds is 8. The van der Waals surface area contributed by atoms with E-state index in [-0.39, 0.29) is 0 Å². The minimum Gasteiger partial charge on any atom is -0.495 e. The molecule has 0 aliphatic carbocycles. The zero-order valence-corrected chi connectivity index (χ0v) is 21.2. The van der Waals surface area contributed by atoms with Crippen molar-refractivity contribution in [2.45, 2.75) is 12.8 Å². The molecule has 3 aromatic rings. The van der Waals surface area contributed by atoms with Gasteiger partial charge >= 0.3 is 6.09 Å². The fraction of sp³-hybridized carbons (Fsp3) is 0.440. The summed E-state index contributed by atoms with van der Waals surface area (Å²) in [6.07, 6.45) is 4.75. The summed E-state index contributed by atoms with van der Waals surface area (Å²) < 4.78 is 13.5. The zero-order chi connectivity index (χ0) is 24.9. The molecule has 10 heteroatoms. The Morgan fingerprint density at radius 1 is 1.17 bits per heavy atom. The topological polar surface area (TPSA) is 82.8 Å². The van der Waals surface area contributed by atoms with Crippen LogP contribution in [0.1, 0.15) is 12.8 Å². The predicted molar refractivity (Wildman–Crippen MR) is 137 cm³/mol. The number of fused-ring (bicyclic) bond motifs is 1. The second-order valence-corrected chi connectivity index (χ2v) is 9.28. The molecule has 9 nitrogen and oxygen atoms in total. The minimum absolute atomic E-state index is 0.485. The second-order valence-electron chi connectivity index (χ2n) is 8.87. The third-order valence-electron chi connectivity index (χ3n) is 6.11.